The molecule has 0 saturated heterocycles. The van der Waals surface area contributed by atoms with Crippen LogP contribution in [-0.4, -0.2) is 24.6 Å². The lowest BCUT2D eigenvalue weighted by molar-refractivity contribution is -0.428. The van der Waals surface area contributed by atoms with Crippen molar-refractivity contribution in [3.8, 4) is 5.75 Å². The molecule has 0 unspecified atom stereocenters. The second-order valence-electron chi connectivity index (χ2n) is 3.45. The van der Waals surface area contributed by atoms with E-state index in [9.17, 15) is 14.9 Å². The number of nitro groups is 1. The maximum atomic E-state index is 10.8. The number of esters is 1. The SMILES string of the molecule is COc1ccc(C=C(COC(C)=O)[N+](=O)[O-])cc1. The van der Waals surface area contributed by atoms with Crippen molar-refractivity contribution in [2.75, 3.05) is 13.7 Å². The summed E-state index contributed by atoms with van der Waals surface area (Å²) in [5.74, 6) is 0.104. The van der Waals surface area contributed by atoms with Gasteiger partial charge in [0.15, 0.2) is 6.61 Å². The second kappa shape index (κ2) is 6.39. The van der Waals surface area contributed by atoms with Gasteiger partial charge in [-0.15, -0.1) is 0 Å². The van der Waals surface area contributed by atoms with Crippen LogP contribution in [0.25, 0.3) is 6.08 Å². The lowest BCUT2D eigenvalue weighted by Gasteiger charge is -2.01. The minimum atomic E-state index is -0.576. The van der Waals surface area contributed by atoms with Gasteiger partial charge in [-0.05, 0) is 17.7 Å². The molecule has 1 rings (SSSR count). The minimum Gasteiger partial charge on any atom is -0.497 e. The van der Waals surface area contributed by atoms with Gasteiger partial charge in [0.2, 0.25) is 0 Å². The lowest BCUT2D eigenvalue weighted by Crippen LogP contribution is -2.09. The van der Waals surface area contributed by atoms with E-state index in [1.54, 1.807) is 24.3 Å². The third kappa shape index (κ3) is 4.25. The molecule has 0 aliphatic heterocycles. The molecule has 0 aliphatic carbocycles. The Morgan fingerprint density at radius 3 is 2.44 bits per heavy atom. The third-order valence-corrected chi connectivity index (χ3v) is 2.11. The van der Waals surface area contributed by atoms with E-state index in [0.717, 1.165) is 0 Å². The van der Waals surface area contributed by atoms with Gasteiger partial charge in [0.1, 0.15) is 5.75 Å². The van der Waals surface area contributed by atoms with Crippen LogP contribution in [-0.2, 0) is 9.53 Å². The Morgan fingerprint density at radius 1 is 1.39 bits per heavy atom. The Balaban J connectivity index is 2.86. The van der Waals surface area contributed by atoms with Gasteiger partial charge in [0.05, 0.1) is 12.0 Å². The predicted molar refractivity (Wildman–Crippen MR) is 64.6 cm³/mol. The first-order valence-corrected chi connectivity index (χ1v) is 5.15. The van der Waals surface area contributed by atoms with E-state index in [4.69, 9.17) is 4.74 Å². The molecule has 0 bridgehead atoms. The van der Waals surface area contributed by atoms with Crippen molar-refractivity contribution >= 4 is 12.0 Å². The summed E-state index contributed by atoms with van der Waals surface area (Å²) in [6, 6.07) is 6.73. The molecule has 1 aromatic carbocycles. The number of benzene rings is 1. The molecule has 0 heterocycles. The summed E-state index contributed by atoms with van der Waals surface area (Å²) >= 11 is 0. The van der Waals surface area contributed by atoms with Crippen molar-refractivity contribution in [1.82, 2.24) is 0 Å². The van der Waals surface area contributed by atoms with E-state index in [1.807, 2.05) is 0 Å². The van der Waals surface area contributed by atoms with E-state index in [0.29, 0.717) is 11.3 Å². The van der Waals surface area contributed by atoms with Crippen molar-refractivity contribution in [3.63, 3.8) is 0 Å². The van der Waals surface area contributed by atoms with Crippen LogP contribution in [0.5, 0.6) is 5.75 Å². The maximum Gasteiger partial charge on any atom is 0.303 e. The molecule has 0 aromatic heterocycles. The molecule has 0 saturated carbocycles. The highest BCUT2D eigenvalue weighted by Crippen LogP contribution is 2.14. The van der Waals surface area contributed by atoms with Gasteiger partial charge in [-0.25, -0.2) is 0 Å². The minimum absolute atomic E-state index is 0.185. The van der Waals surface area contributed by atoms with Gasteiger partial charge in [0.25, 0.3) is 5.70 Å². The average molecular weight is 251 g/mol. The summed E-state index contributed by atoms with van der Waals surface area (Å²) in [5.41, 5.74) is 0.449. The van der Waals surface area contributed by atoms with Crippen LogP contribution >= 0.6 is 0 Å². The Kier molecular flexibility index (Phi) is 4.86. The number of carbonyl (C=O) groups excluding carboxylic acids is 1. The zero-order valence-electron chi connectivity index (χ0n) is 10.1. The number of rotatable bonds is 5. The van der Waals surface area contributed by atoms with E-state index < -0.39 is 10.9 Å². The van der Waals surface area contributed by atoms with E-state index in [-0.39, 0.29) is 12.3 Å². The fourth-order valence-electron chi connectivity index (χ4n) is 1.22. The molecule has 6 heteroatoms. The standard InChI is InChI=1S/C12H13NO5/c1-9(14)18-8-11(13(15)16)7-10-3-5-12(17-2)6-4-10/h3-7H,8H2,1-2H3. The molecule has 0 atom stereocenters. The largest absolute Gasteiger partial charge is 0.497 e. The molecule has 6 nitrogen and oxygen atoms in total. The number of ether oxygens (including phenoxy) is 2. The molecule has 0 amide bonds. The van der Waals surface area contributed by atoms with Gasteiger partial charge >= 0.3 is 5.97 Å². The molecule has 0 radical (unpaired) electrons. The van der Waals surface area contributed by atoms with Crippen LogP contribution in [0.1, 0.15) is 12.5 Å². The third-order valence-electron chi connectivity index (χ3n) is 2.11. The molecule has 0 fully saturated rings. The molecule has 1 aromatic rings. The average Bonchev–Trinajstić information content (AvgIpc) is 2.34. The number of nitrogens with zero attached hydrogens (tertiary/aromatic N) is 1. The number of hydrogen-bond acceptors (Lipinski definition) is 5. The molecule has 18 heavy (non-hydrogen) atoms. The summed E-state index contributed by atoms with van der Waals surface area (Å²) in [4.78, 5) is 20.8. The van der Waals surface area contributed by atoms with Gasteiger partial charge in [-0.3, -0.25) is 14.9 Å². The van der Waals surface area contributed by atoms with Crippen LogP contribution in [0.15, 0.2) is 30.0 Å². The normalized spacial score (nSPS) is 10.9. The number of methoxy groups -OCH3 is 1. The predicted octanol–water partition coefficient (Wildman–Crippen LogP) is 1.88. The summed E-state index contributed by atoms with van der Waals surface area (Å²) in [7, 11) is 1.54. The Hall–Kier alpha value is -2.37. The quantitative estimate of drug-likeness (QED) is 0.453. The highest BCUT2D eigenvalue weighted by Gasteiger charge is 2.12. The van der Waals surface area contributed by atoms with Crippen molar-refractivity contribution < 1.29 is 19.2 Å². The zero-order valence-corrected chi connectivity index (χ0v) is 10.1. The van der Waals surface area contributed by atoms with Gasteiger partial charge in [-0.2, -0.15) is 0 Å². The van der Waals surface area contributed by atoms with Crippen LogP contribution < -0.4 is 4.74 Å². The van der Waals surface area contributed by atoms with Crippen LogP contribution in [0.4, 0.5) is 0 Å². The van der Waals surface area contributed by atoms with Crippen LogP contribution in [0, 0.1) is 10.1 Å². The first kappa shape index (κ1) is 13.7. The van der Waals surface area contributed by atoms with Crippen molar-refractivity contribution in [2.24, 2.45) is 0 Å². The van der Waals surface area contributed by atoms with Crippen molar-refractivity contribution in [3.05, 3.63) is 45.6 Å². The highest BCUT2D eigenvalue weighted by molar-refractivity contribution is 5.66. The topological polar surface area (TPSA) is 78.7 Å². The Bertz CT molecular complexity index is 464. The monoisotopic (exact) mass is 251 g/mol. The summed E-state index contributed by atoms with van der Waals surface area (Å²) in [6.07, 6.45) is 1.35. The fourth-order valence-corrected chi connectivity index (χ4v) is 1.22. The van der Waals surface area contributed by atoms with Crippen molar-refractivity contribution in [1.29, 1.82) is 0 Å². The van der Waals surface area contributed by atoms with Gasteiger partial charge in [0, 0.05) is 13.0 Å². The number of carbonyl (C=O) groups is 1. The highest BCUT2D eigenvalue weighted by atomic mass is 16.6. The lowest BCUT2D eigenvalue weighted by atomic mass is 10.2. The first-order valence-electron chi connectivity index (χ1n) is 5.15. The molecular weight excluding hydrogens is 238 g/mol. The fraction of sp³-hybridized carbons (Fsp3) is 0.250. The van der Waals surface area contributed by atoms with E-state index >= 15 is 0 Å². The van der Waals surface area contributed by atoms with Gasteiger partial charge < -0.3 is 9.47 Å². The zero-order chi connectivity index (χ0) is 13.5. The molecule has 96 valence electrons. The van der Waals surface area contributed by atoms with E-state index in [2.05, 4.69) is 4.74 Å². The first-order chi connectivity index (χ1) is 8.52. The maximum absolute atomic E-state index is 10.8. The van der Waals surface area contributed by atoms with E-state index in [1.165, 1.54) is 20.1 Å². The molecule has 0 aliphatic rings. The molecular formula is C12H13NO5. The molecule has 0 N–H and O–H groups in total. The van der Waals surface area contributed by atoms with Crippen LogP contribution in [0.3, 0.4) is 0 Å². The summed E-state index contributed by atoms with van der Waals surface area (Å²) in [5, 5.41) is 10.8. The molecule has 0 spiro atoms. The second-order valence-corrected chi connectivity index (χ2v) is 3.45. The number of hydrogen-bond donors (Lipinski definition) is 0. The van der Waals surface area contributed by atoms with Gasteiger partial charge in [-0.1, -0.05) is 12.1 Å². The summed E-state index contributed by atoms with van der Waals surface area (Å²) < 4.78 is 9.59. The Morgan fingerprint density at radius 2 is 2.00 bits per heavy atom. The van der Waals surface area contributed by atoms with Crippen molar-refractivity contribution in [2.45, 2.75) is 6.92 Å². The Labute approximate surface area is 104 Å². The smallest absolute Gasteiger partial charge is 0.303 e. The summed E-state index contributed by atoms with van der Waals surface area (Å²) in [6.45, 7) is 0.847. The van der Waals surface area contributed by atoms with Crippen LogP contribution in [0.2, 0.25) is 0 Å².